The van der Waals surface area contributed by atoms with Crippen LogP contribution in [0.5, 0.6) is 0 Å². The molecule has 0 aliphatic carbocycles. The van der Waals surface area contributed by atoms with Crippen LogP contribution in [0, 0.1) is 0 Å². The van der Waals surface area contributed by atoms with Crippen molar-refractivity contribution in [1.29, 1.82) is 0 Å². The Balaban J connectivity index is 1.57. The number of aromatic carboxylic acids is 1. The maximum Gasteiger partial charge on any atom is 0.335 e. The van der Waals surface area contributed by atoms with Crippen molar-refractivity contribution in [3.63, 3.8) is 0 Å². The third kappa shape index (κ3) is 4.11. The van der Waals surface area contributed by atoms with E-state index in [-0.39, 0.29) is 5.56 Å². The standard InChI is InChI=1S/C18H19N3O3/c22-18(23)15-3-5-16(6-4-15)20-19-13-14-1-7-17(8-2-14)21-9-11-24-12-10-21/h1-8,13,20H,9-12H2,(H,22,23)/b19-13-. The highest BCUT2D eigenvalue weighted by atomic mass is 16.5. The molecular formula is C18H19N3O3. The minimum Gasteiger partial charge on any atom is -0.478 e. The Morgan fingerprint density at radius 3 is 2.38 bits per heavy atom. The SMILES string of the molecule is O=C(O)c1ccc(N/N=C\c2ccc(N3CCOCC3)cc2)cc1. The molecule has 0 saturated carbocycles. The van der Waals surface area contributed by atoms with Crippen molar-refractivity contribution in [2.24, 2.45) is 5.10 Å². The number of hydrogen-bond donors (Lipinski definition) is 2. The maximum atomic E-state index is 10.8. The number of carboxylic acid groups (broad SMARTS) is 1. The highest BCUT2D eigenvalue weighted by Crippen LogP contribution is 2.16. The van der Waals surface area contributed by atoms with Gasteiger partial charge in [0.15, 0.2) is 0 Å². The van der Waals surface area contributed by atoms with E-state index in [1.54, 1.807) is 18.3 Å². The van der Waals surface area contributed by atoms with E-state index in [2.05, 4.69) is 27.6 Å². The Labute approximate surface area is 140 Å². The molecule has 2 aromatic rings. The average molecular weight is 325 g/mol. The Hall–Kier alpha value is -2.86. The smallest absolute Gasteiger partial charge is 0.335 e. The minimum atomic E-state index is -0.939. The molecule has 1 fully saturated rings. The summed E-state index contributed by atoms with van der Waals surface area (Å²) in [6, 6.07) is 14.6. The van der Waals surface area contributed by atoms with Crippen molar-refractivity contribution in [1.82, 2.24) is 0 Å². The normalized spacial score (nSPS) is 14.8. The van der Waals surface area contributed by atoms with Gasteiger partial charge in [0.2, 0.25) is 0 Å². The number of rotatable bonds is 5. The largest absolute Gasteiger partial charge is 0.478 e. The van der Waals surface area contributed by atoms with Crippen LogP contribution in [0.25, 0.3) is 0 Å². The molecule has 0 atom stereocenters. The summed E-state index contributed by atoms with van der Waals surface area (Å²) in [5, 5.41) is 13.0. The molecule has 0 amide bonds. The van der Waals surface area contributed by atoms with Crippen LogP contribution in [-0.4, -0.2) is 43.6 Å². The summed E-state index contributed by atoms with van der Waals surface area (Å²) in [6.45, 7) is 3.38. The number of morpholine rings is 1. The van der Waals surface area contributed by atoms with Crippen LogP contribution < -0.4 is 10.3 Å². The Morgan fingerprint density at radius 2 is 1.75 bits per heavy atom. The van der Waals surface area contributed by atoms with E-state index in [1.165, 1.54) is 17.8 Å². The third-order valence-corrected chi connectivity index (χ3v) is 3.81. The highest BCUT2D eigenvalue weighted by Gasteiger charge is 2.10. The molecule has 0 spiro atoms. The topological polar surface area (TPSA) is 74.2 Å². The quantitative estimate of drug-likeness (QED) is 0.653. The van der Waals surface area contributed by atoms with Crippen molar-refractivity contribution >= 4 is 23.6 Å². The number of hydrogen-bond acceptors (Lipinski definition) is 5. The van der Waals surface area contributed by atoms with Gasteiger partial charge in [0.1, 0.15) is 0 Å². The second kappa shape index (κ2) is 7.61. The third-order valence-electron chi connectivity index (χ3n) is 3.81. The second-order valence-electron chi connectivity index (χ2n) is 5.44. The zero-order valence-corrected chi connectivity index (χ0v) is 13.2. The molecule has 0 bridgehead atoms. The molecule has 24 heavy (non-hydrogen) atoms. The molecule has 1 heterocycles. The van der Waals surface area contributed by atoms with Gasteiger partial charge in [-0.3, -0.25) is 5.43 Å². The molecular weight excluding hydrogens is 306 g/mol. The molecule has 0 unspecified atom stereocenters. The van der Waals surface area contributed by atoms with E-state index in [1.807, 2.05) is 12.1 Å². The molecule has 1 aliphatic heterocycles. The fourth-order valence-electron chi connectivity index (χ4n) is 2.46. The van der Waals surface area contributed by atoms with Gasteiger partial charge in [0.05, 0.1) is 30.7 Å². The fourth-order valence-corrected chi connectivity index (χ4v) is 2.46. The summed E-state index contributed by atoms with van der Waals surface area (Å²) in [6.07, 6.45) is 1.73. The van der Waals surface area contributed by atoms with Gasteiger partial charge < -0.3 is 14.7 Å². The molecule has 6 nitrogen and oxygen atoms in total. The molecule has 124 valence electrons. The molecule has 0 aromatic heterocycles. The minimum absolute atomic E-state index is 0.253. The number of anilines is 2. The number of hydrazone groups is 1. The lowest BCUT2D eigenvalue weighted by Crippen LogP contribution is -2.36. The van der Waals surface area contributed by atoms with Crippen molar-refractivity contribution in [2.45, 2.75) is 0 Å². The monoisotopic (exact) mass is 325 g/mol. The molecule has 3 rings (SSSR count). The molecule has 0 radical (unpaired) electrons. The van der Waals surface area contributed by atoms with Gasteiger partial charge in [-0.15, -0.1) is 0 Å². The predicted molar refractivity (Wildman–Crippen MR) is 94.1 cm³/mol. The Bertz CT molecular complexity index is 705. The first-order chi connectivity index (χ1) is 11.7. The van der Waals surface area contributed by atoms with E-state index in [0.29, 0.717) is 0 Å². The van der Waals surface area contributed by atoms with E-state index in [0.717, 1.165) is 37.6 Å². The van der Waals surface area contributed by atoms with Crippen molar-refractivity contribution in [2.75, 3.05) is 36.6 Å². The molecule has 1 aliphatic rings. The summed E-state index contributed by atoms with van der Waals surface area (Å²) in [5.41, 5.74) is 6.05. The van der Waals surface area contributed by atoms with Crippen molar-refractivity contribution in [3.05, 3.63) is 59.7 Å². The molecule has 2 N–H and O–H groups in total. The summed E-state index contributed by atoms with van der Waals surface area (Å²) in [4.78, 5) is 13.1. The zero-order valence-electron chi connectivity index (χ0n) is 13.2. The zero-order chi connectivity index (χ0) is 16.8. The highest BCUT2D eigenvalue weighted by molar-refractivity contribution is 5.88. The van der Waals surface area contributed by atoms with Gasteiger partial charge in [0.25, 0.3) is 0 Å². The van der Waals surface area contributed by atoms with Gasteiger partial charge in [-0.25, -0.2) is 4.79 Å². The van der Waals surface area contributed by atoms with Crippen LogP contribution in [0.2, 0.25) is 0 Å². The summed E-state index contributed by atoms with van der Waals surface area (Å²) in [5.74, 6) is -0.939. The van der Waals surface area contributed by atoms with E-state index >= 15 is 0 Å². The number of nitrogens with zero attached hydrogens (tertiary/aromatic N) is 2. The van der Waals surface area contributed by atoms with Crippen LogP contribution in [-0.2, 0) is 4.74 Å². The van der Waals surface area contributed by atoms with Gasteiger partial charge in [-0.05, 0) is 42.0 Å². The van der Waals surface area contributed by atoms with E-state index < -0.39 is 5.97 Å². The lowest BCUT2D eigenvalue weighted by atomic mass is 10.2. The van der Waals surface area contributed by atoms with E-state index in [4.69, 9.17) is 9.84 Å². The Kier molecular flexibility index (Phi) is 5.08. The summed E-state index contributed by atoms with van der Waals surface area (Å²) in [7, 11) is 0. The second-order valence-corrected chi connectivity index (χ2v) is 5.44. The molecule has 6 heteroatoms. The van der Waals surface area contributed by atoms with Crippen LogP contribution in [0.4, 0.5) is 11.4 Å². The van der Waals surface area contributed by atoms with Crippen LogP contribution >= 0.6 is 0 Å². The number of benzene rings is 2. The predicted octanol–water partition coefficient (Wildman–Crippen LogP) is 2.67. The first-order valence-electron chi connectivity index (χ1n) is 7.77. The maximum absolute atomic E-state index is 10.8. The lowest BCUT2D eigenvalue weighted by Gasteiger charge is -2.28. The average Bonchev–Trinajstić information content (AvgIpc) is 2.63. The van der Waals surface area contributed by atoms with Crippen LogP contribution in [0.15, 0.2) is 53.6 Å². The lowest BCUT2D eigenvalue weighted by molar-refractivity contribution is 0.0697. The van der Waals surface area contributed by atoms with Crippen molar-refractivity contribution < 1.29 is 14.6 Å². The number of ether oxygens (including phenoxy) is 1. The molecule has 2 aromatic carbocycles. The number of carbonyl (C=O) groups is 1. The van der Waals surface area contributed by atoms with Crippen LogP contribution in [0.3, 0.4) is 0 Å². The first kappa shape index (κ1) is 16.0. The summed E-state index contributed by atoms with van der Waals surface area (Å²) >= 11 is 0. The van der Waals surface area contributed by atoms with Gasteiger partial charge >= 0.3 is 5.97 Å². The van der Waals surface area contributed by atoms with Gasteiger partial charge in [0, 0.05) is 18.8 Å². The number of nitrogens with one attached hydrogen (secondary N) is 1. The first-order valence-corrected chi connectivity index (χ1v) is 7.77. The van der Waals surface area contributed by atoms with Crippen LogP contribution in [0.1, 0.15) is 15.9 Å². The fraction of sp³-hybridized carbons (Fsp3) is 0.222. The number of carboxylic acids is 1. The van der Waals surface area contributed by atoms with Gasteiger partial charge in [-0.1, -0.05) is 12.1 Å². The summed E-state index contributed by atoms with van der Waals surface area (Å²) < 4.78 is 5.36. The van der Waals surface area contributed by atoms with Gasteiger partial charge in [-0.2, -0.15) is 5.10 Å². The van der Waals surface area contributed by atoms with E-state index in [9.17, 15) is 4.79 Å². The molecule has 1 saturated heterocycles. The van der Waals surface area contributed by atoms with Crippen molar-refractivity contribution in [3.8, 4) is 0 Å². The Morgan fingerprint density at radius 1 is 1.08 bits per heavy atom.